The molecule has 1 fully saturated rings. The molecule has 0 unspecified atom stereocenters. The van der Waals surface area contributed by atoms with E-state index in [1.807, 2.05) is 12.1 Å². The van der Waals surface area contributed by atoms with Crippen molar-refractivity contribution in [3.05, 3.63) is 53.4 Å². The third-order valence-electron chi connectivity index (χ3n) is 3.97. The van der Waals surface area contributed by atoms with Gasteiger partial charge in [0.05, 0.1) is 0 Å². The Balaban J connectivity index is 1.57. The number of halogens is 2. The molecule has 3 rings (SSSR count). The molecule has 1 aromatic carbocycles. The van der Waals surface area contributed by atoms with Crippen LogP contribution in [0.15, 0.2) is 30.3 Å². The highest BCUT2D eigenvalue weighted by atomic mass is 19.1. The third-order valence-corrected chi connectivity index (χ3v) is 3.97. The first-order chi connectivity index (χ1) is 11.1. The third kappa shape index (κ3) is 4.00. The quantitative estimate of drug-likeness (QED) is 0.866. The smallest absolute Gasteiger partial charge is 0.230 e. The number of benzene rings is 1. The Morgan fingerprint density at radius 2 is 1.48 bits per heavy atom. The molecule has 2 aromatic rings. The first-order valence-corrected chi connectivity index (χ1v) is 7.59. The predicted octanol–water partition coefficient (Wildman–Crippen LogP) is 1.54. The number of nitrogens with two attached hydrogens (primary N) is 1. The van der Waals surface area contributed by atoms with Gasteiger partial charge in [-0.1, -0.05) is 24.3 Å². The maximum atomic E-state index is 13.2. The fraction of sp³-hybridized carbons (Fsp3) is 0.375. The summed E-state index contributed by atoms with van der Waals surface area (Å²) in [4.78, 5) is 11.4. The zero-order valence-electron chi connectivity index (χ0n) is 12.8. The first-order valence-electron chi connectivity index (χ1n) is 7.59. The lowest BCUT2D eigenvalue weighted by Gasteiger charge is -2.34. The Kier molecular flexibility index (Phi) is 4.78. The SMILES string of the molecule is NCc1ccc(CN2CCN(c3nc(F)cc(F)n3)CC2)cc1. The van der Waals surface area contributed by atoms with Crippen molar-refractivity contribution in [1.29, 1.82) is 0 Å². The van der Waals surface area contributed by atoms with E-state index in [1.165, 1.54) is 5.56 Å². The molecule has 0 bridgehead atoms. The van der Waals surface area contributed by atoms with Crippen molar-refractivity contribution in [2.75, 3.05) is 31.1 Å². The maximum Gasteiger partial charge on any atom is 0.230 e. The van der Waals surface area contributed by atoms with Crippen LogP contribution in [-0.4, -0.2) is 41.0 Å². The Labute approximate surface area is 133 Å². The molecule has 1 aromatic heterocycles. The normalized spacial score (nSPS) is 15.9. The molecule has 0 amide bonds. The molecule has 0 spiro atoms. The van der Waals surface area contributed by atoms with E-state index >= 15 is 0 Å². The standard InChI is InChI=1S/C16H19F2N5/c17-14-9-15(18)21-16(20-14)23-7-5-22(6-8-23)11-13-3-1-12(10-19)2-4-13/h1-4,9H,5-8,10-11,19H2. The number of anilines is 1. The van der Waals surface area contributed by atoms with Crippen molar-refractivity contribution in [2.24, 2.45) is 5.73 Å². The minimum atomic E-state index is -0.838. The number of nitrogens with zero attached hydrogens (tertiary/aromatic N) is 4. The number of rotatable bonds is 4. The van der Waals surface area contributed by atoms with E-state index in [9.17, 15) is 8.78 Å². The number of hydrogen-bond acceptors (Lipinski definition) is 5. The summed E-state index contributed by atoms with van der Waals surface area (Å²) in [5.41, 5.74) is 7.94. The molecule has 1 aliphatic rings. The van der Waals surface area contributed by atoms with Gasteiger partial charge in [0.25, 0.3) is 0 Å². The van der Waals surface area contributed by atoms with E-state index in [-0.39, 0.29) is 5.95 Å². The van der Waals surface area contributed by atoms with Crippen LogP contribution in [0.5, 0.6) is 0 Å². The molecular weight excluding hydrogens is 300 g/mol. The molecule has 0 saturated carbocycles. The molecule has 122 valence electrons. The molecule has 2 heterocycles. The van der Waals surface area contributed by atoms with E-state index in [0.717, 1.165) is 25.2 Å². The molecule has 5 nitrogen and oxygen atoms in total. The van der Waals surface area contributed by atoms with Gasteiger partial charge in [-0.2, -0.15) is 18.7 Å². The highest BCUT2D eigenvalue weighted by Gasteiger charge is 2.20. The average Bonchev–Trinajstić information content (AvgIpc) is 2.55. The van der Waals surface area contributed by atoms with Gasteiger partial charge in [0.15, 0.2) is 0 Å². The van der Waals surface area contributed by atoms with Gasteiger partial charge in [0.2, 0.25) is 17.8 Å². The molecule has 1 aliphatic heterocycles. The highest BCUT2D eigenvalue weighted by molar-refractivity contribution is 5.30. The lowest BCUT2D eigenvalue weighted by Crippen LogP contribution is -2.46. The van der Waals surface area contributed by atoms with Gasteiger partial charge in [-0.3, -0.25) is 4.90 Å². The minimum Gasteiger partial charge on any atom is -0.338 e. The van der Waals surface area contributed by atoms with Crippen LogP contribution in [-0.2, 0) is 13.1 Å². The number of hydrogen-bond donors (Lipinski definition) is 1. The molecule has 7 heteroatoms. The van der Waals surface area contributed by atoms with Crippen LogP contribution in [0.25, 0.3) is 0 Å². The summed E-state index contributed by atoms with van der Waals surface area (Å²) < 4.78 is 26.3. The van der Waals surface area contributed by atoms with Crippen LogP contribution in [0.1, 0.15) is 11.1 Å². The second kappa shape index (κ2) is 6.97. The molecule has 2 N–H and O–H groups in total. The summed E-state index contributed by atoms with van der Waals surface area (Å²) in [7, 11) is 0. The van der Waals surface area contributed by atoms with E-state index in [4.69, 9.17) is 5.73 Å². The predicted molar refractivity (Wildman–Crippen MR) is 83.8 cm³/mol. The second-order valence-corrected chi connectivity index (χ2v) is 5.60. The van der Waals surface area contributed by atoms with Crippen LogP contribution >= 0.6 is 0 Å². The summed E-state index contributed by atoms with van der Waals surface area (Å²) in [6.45, 7) is 4.26. The Bertz CT molecular complexity index is 634. The van der Waals surface area contributed by atoms with Crippen molar-refractivity contribution in [2.45, 2.75) is 13.1 Å². The van der Waals surface area contributed by atoms with Crippen LogP contribution in [0.2, 0.25) is 0 Å². The summed E-state index contributed by atoms with van der Waals surface area (Å²) >= 11 is 0. The average molecular weight is 319 g/mol. The van der Waals surface area contributed by atoms with Crippen LogP contribution in [0.4, 0.5) is 14.7 Å². The Morgan fingerprint density at radius 1 is 0.913 bits per heavy atom. The van der Waals surface area contributed by atoms with Gasteiger partial charge in [0, 0.05) is 45.3 Å². The zero-order valence-corrected chi connectivity index (χ0v) is 12.8. The second-order valence-electron chi connectivity index (χ2n) is 5.60. The van der Waals surface area contributed by atoms with Crippen molar-refractivity contribution in [1.82, 2.24) is 14.9 Å². The van der Waals surface area contributed by atoms with Crippen molar-refractivity contribution in [3.63, 3.8) is 0 Å². The molecule has 0 atom stereocenters. The molecule has 0 radical (unpaired) electrons. The fourth-order valence-corrected chi connectivity index (χ4v) is 2.67. The number of piperazine rings is 1. The van der Waals surface area contributed by atoms with Crippen molar-refractivity contribution >= 4 is 5.95 Å². The fourth-order valence-electron chi connectivity index (χ4n) is 2.67. The zero-order chi connectivity index (χ0) is 16.2. The maximum absolute atomic E-state index is 13.2. The van der Waals surface area contributed by atoms with Crippen molar-refractivity contribution in [3.8, 4) is 0 Å². The molecule has 0 aliphatic carbocycles. The van der Waals surface area contributed by atoms with Gasteiger partial charge >= 0.3 is 0 Å². The van der Waals surface area contributed by atoms with Gasteiger partial charge in [-0.05, 0) is 11.1 Å². The van der Waals surface area contributed by atoms with Crippen molar-refractivity contribution < 1.29 is 8.78 Å². The van der Waals surface area contributed by atoms with Crippen LogP contribution in [0, 0.1) is 11.9 Å². The Morgan fingerprint density at radius 3 is 2.04 bits per heavy atom. The minimum absolute atomic E-state index is 0.120. The van der Waals surface area contributed by atoms with E-state index in [0.29, 0.717) is 25.7 Å². The highest BCUT2D eigenvalue weighted by Crippen LogP contribution is 2.14. The molecular formula is C16H19F2N5. The lowest BCUT2D eigenvalue weighted by molar-refractivity contribution is 0.248. The number of aromatic nitrogens is 2. The van der Waals surface area contributed by atoms with E-state index in [1.54, 1.807) is 4.90 Å². The first kappa shape index (κ1) is 15.8. The summed E-state index contributed by atoms with van der Waals surface area (Å²) in [6, 6.07) is 8.92. The monoisotopic (exact) mass is 319 g/mol. The summed E-state index contributed by atoms with van der Waals surface area (Å²) in [5, 5.41) is 0. The Hall–Kier alpha value is -2.12. The summed E-state index contributed by atoms with van der Waals surface area (Å²) in [5.74, 6) is -1.56. The van der Waals surface area contributed by atoms with Gasteiger partial charge in [-0.15, -0.1) is 0 Å². The van der Waals surface area contributed by atoms with Gasteiger partial charge in [0.1, 0.15) is 0 Å². The molecule has 23 heavy (non-hydrogen) atoms. The summed E-state index contributed by atoms with van der Waals surface area (Å²) in [6.07, 6.45) is 0. The van der Waals surface area contributed by atoms with E-state index < -0.39 is 11.9 Å². The molecule has 1 saturated heterocycles. The van der Waals surface area contributed by atoms with Crippen LogP contribution < -0.4 is 10.6 Å². The topological polar surface area (TPSA) is 58.3 Å². The van der Waals surface area contributed by atoms with Gasteiger partial charge in [-0.25, -0.2) is 0 Å². The van der Waals surface area contributed by atoms with Crippen LogP contribution in [0.3, 0.4) is 0 Å². The van der Waals surface area contributed by atoms with Gasteiger partial charge < -0.3 is 10.6 Å². The van der Waals surface area contributed by atoms with E-state index in [2.05, 4.69) is 27.0 Å². The largest absolute Gasteiger partial charge is 0.338 e. The lowest BCUT2D eigenvalue weighted by atomic mass is 10.1.